The second kappa shape index (κ2) is 11.2. The zero-order valence-electron chi connectivity index (χ0n) is 18.5. The maximum Gasteiger partial charge on any atom is 0.333 e. The number of ketones is 1. The molecule has 2 heterocycles. The first-order valence-electron chi connectivity index (χ1n) is 11.0. The Bertz CT molecular complexity index is 1220. The van der Waals surface area contributed by atoms with Gasteiger partial charge in [0.15, 0.2) is 0 Å². The van der Waals surface area contributed by atoms with Gasteiger partial charge in [0.1, 0.15) is 12.1 Å². The first kappa shape index (κ1) is 24.4. The van der Waals surface area contributed by atoms with E-state index in [9.17, 15) is 13.2 Å². The molecule has 3 aromatic rings. The van der Waals surface area contributed by atoms with Crippen molar-refractivity contribution in [3.05, 3.63) is 75.9 Å². The summed E-state index contributed by atoms with van der Waals surface area (Å²) in [6.07, 6.45) is 5.24. The highest BCUT2D eigenvalue weighted by Crippen LogP contribution is 2.30. The molecule has 0 aliphatic heterocycles. The molecule has 34 heavy (non-hydrogen) atoms. The van der Waals surface area contributed by atoms with Gasteiger partial charge in [-0.1, -0.05) is 30.3 Å². The number of carbonyl (C=O) groups excluding carboxylic acids is 1. The molecule has 0 bridgehead atoms. The average molecular weight is 502 g/mol. The number of carbonyl (C=O) groups is 1. The minimum atomic E-state index is -3.94. The van der Waals surface area contributed by atoms with Crippen LogP contribution in [0.1, 0.15) is 45.6 Å². The maximum absolute atomic E-state index is 13.2. The van der Waals surface area contributed by atoms with Gasteiger partial charge in [-0.25, -0.2) is 15.1 Å². The molecule has 1 aliphatic rings. The molecule has 1 fully saturated rings. The Morgan fingerprint density at radius 3 is 2.76 bits per heavy atom. The van der Waals surface area contributed by atoms with E-state index >= 15 is 0 Å². The van der Waals surface area contributed by atoms with E-state index in [-0.39, 0.29) is 24.3 Å². The molecule has 4 rings (SSSR count). The van der Waals surface area contributed by atoms with Crippen LogP contribution >= 0.6 is 11.3 Å². The van der Waals surface area contributed by atoms with Crippen molar-refractivity contribution < 1.29 is 17.4 Å². The van der Waals surface area contributed by atoms with E-state index in [0.29, 0.717) is 29.2 Å². The van der Waals surface area contributed by atoms with Crippen LogP contribution in [0.5, 0.6) is 0 Å². The molecule has 4 N–H and O–H groups in total. The molecule has 2 aromatic heterocycles. The van der Waals surface area contributed by atoms with Crippen LogP contribution in [0.2, 0.25) is 0 Å². The van der Waals surface area contributed by atoms with Crippen LogP contribution in [0, 0.1) is 5.92 Å². The van der Waals surface area contributed by atoms with Crippen molar-refractivity contribution in [1.82, 2.24) is 15.3 Å². The summed E-state index contributed by atoms with van der Waals surface area (Å²) in [6.45, 7) is 1.48. The van der Waals surface area contributed by atoms with Crippen molar-refractivity contribution >= 4 is 33.2 Å². The van der Waals surface area contributed by atoms with Crippen molar-refractivity contribution in [3.8, 4) is 0 Å². The van der Waals surface area contributed by atoms with E-state index in [2.05, 4.69) is 32.7 Å². The van der Waals surface area contributed by atoms with Crippen molar-refractivity contribution in [1.29, 1.82) is 0 Å². The lowest BCUT2D eigenvalue weighted by molar-refractivity contribution is 0.104. The van der Waals surface area contributed by atoms with Gasteiger partial charge in [-0.2, -0.15) is 8.42 Å². The van der Waals surface area contributed by atoms with Crippen molar-refractivity contribution in [2.75, 3.05) is 11.9 Å². The predicted octanol–water partition coefficient (Wildman–Crippen LogP) is 2.86. The summed E-state index contributed by atoms with van der Waals surface area (Å²) in [7, 11) is -3.94. The van der Waals surface area contributed by atoms with Gasteiger partial charge in [0.25, 0.3) is 0 Å². The van der Waals surface area contributed by atoms with Crippen LogP contribution in [0.4, 0.5) is 5.82 Å². The van der Waals surface area contributed by atoms with E-state index in [1.165, 1.54) is 29.4 Å². The van der Waals surface area contributed by atoms with Crippen LogP contribution in [0.3, 0.4) is 0 Å². The van der Waals surface area contributed by atoms with Crippen molar-refractivity contribution in [3.63, 3.8) is 0 Å². The summed E-state index contributed by atoms with van der Waals surface area (Å²) in [5.41, 5.74) is 2.66. The molecule has 0 saturated heterocycles. The number of thiophene rings is 1. The van der Waals surface area contributed by atoms with Gasteiger partial charge < -0.3 is 10.6 Å². The molecule has 1 aromatic carbocycles. The number of hydrogen-bond donors (Lipinski definition) is 3. The smallest absolute Gasteiger partial charge is 0.333 e. The van der Waals surface area contributed by atoms with E-state index in [1.807, 2.05) is 29.6 Å². The highest BCUT2D eigenvalue weighted by Gasteiger charge is 2.27. The largest absolute Gasteiger partial charge is 0.367 e. The Hall–Kier alpha value is -2.70. The minimum absolute atomic E-state index is 0.0524. The second-order valence-corrected chi connectivity index (χ2v) is 10.5. The molecule has 0 amide bonds. The third-order valence-electron chi connectivity index (χ3n) is 5.69. The van der Waals surface area contributed by atoms with Gasteiger partial charge in [-0.3, -0.25) is 8.98 Å². The molecule has 1 aliphatic carbocycles. The number of nitrogens with one attached hydrogen (secondary N) is 2. The Kier molecular flexibility index (Phi) is 8.01. The number of anilines is 1. The van der Waals surface area contributed by atoms with Gasteiger partial charge in [-0.15, -0.1) is 11.3 Å². The van der Waals surface area contributed by atoms with E-state index < -0.39 is 10.3 Å². The highest BCUT2D eigenvalue weighted by atomic mass is 32.2. The topological polar surface area (TPSA) is 136 Å². The van der Waals surface area contributed by atoms with E-state index in [4.69, 9.17) is 9.32 Å². The fourth-order valence-electron chi connectivity index (χ4n) is 4.02. The van der Waals surface area contributed by atoms with Gasteiger partial charge >= 0.3 is 10.3 Å². The molecule has 0 spiro atoms. The Morgan fingerprint density at radius 2 is 1.97 bits per heavy atom. The average Bonchev–Trinajstić information content (AvgIpc) is 3.48. The summed E-state index contributed by atoms with van der Waals surface area (Å²) < 4.78 is 26.8. The fourth-order valence-corrected chi connectivity index (χ4v) is 5.27. The lowest BCUT2D eigenvalue weighted by atomic mass is 10.1. The zero-order chi connectivity index (χ0) is 24.0. The second-order valence-electron chi connectivity index (χ2n) is 8.32. The summed E-state index contributed by atoms with van der Waals surface area (Å²) in [5, 5.41) is 13.6. The number of hydrogen-bond acceptors (Lipinski definition) is 9. The fraction of sp³-hybridized carbons (Fsp3) is 0.348. The highest BCUT2D eigenvalue weighted by molar-refractivity contribution is 7.84. The van der Waals surface area contributed by atoms with Gasteiger partial charge in [-0.05, 0) is 47.8 Å². The van der Waals surface area contributed by atoms with Gasteiger partial charge in [0, 0.05) is 25.3 Å². The number of nitrogens with two attached hydrogens (primary N) is 1. The quantitative estimate of drug-likeness (QED) is 0.341. The molecule has 2 atom stereocenters. The lowest BCUT2D eigenvalue weighted by Crippen LogP contribution is -2.22. The number of benzene rings is 1. The number of aromatic nitrogens is 2. The molecule has 180 valence electrons. The Balaban J connectivity index is 1.35. The summed E-state index contributed by atoms with van der Waals surface area (Å²) in [5.74, 6) is 0.421. The predicted molar refractivity (Wildman–Crippen MR) is 131 cm³/mol. The maximum atomic E-state index is 13.2. The summed E-state index contributed by atoms with van der Waals surface area (Å²) >= 11 is 1.40. The van der Waals surface area contributed by atoms with E-state index in [1.54, 1.807) is 0 Å². The SMILES string of the molecule is NS(=O)(=O)OC[C@@H]1CC[C@H](Nc2ncncc2C(=O)c2cc(CNCc3ccccc3)cs2)C1. The summed E-state index contributed by atoms with van der Waals surface area (Å²) in [4.78, 5) is 22.2. The van der Waals surface area contributed by atoms with Crippen LogP contribution in [0.25, 0.3) is 0 Å². The molecular weight excluding hydrogens is 474 g/mol. The molecule has 1 saturated carbocycles. The third-order valence-corrected chi connectivity index (χ3v) is 7.13. The minimum Gasteiger partial charge on any atom is -0.367 e. The van der Waals surface area contributed by atoms with Crippen molar-refractivity contribution in [2.45, 2.75) is 38.4 Å². The van der Waals surface area contributed by atoms with Crippen LogP contribution in [-0.4, -0.2) is 36.8 Å². The molecule has 0 radical (unpaired) electrons. The van der Waals surface area contributed by atoms with Crippen LogP contribution in [-0.2, 0) is 27.6 Å². The third kappa shape index (κ3) is 6.90. The van der Waals surface area contributed by atoms with Crippen LogP contribution in [0.15, 0.2) is 54.3 Å². The number of rotatable bonds is 11. The van der Waals surface area contributed by atoms with E-state index in [0.717, 1.165) is 24.9 Å². The number of nitrogens with zero attached hydrogens (tertiary/aromatic N) is 2. The van der Waals surface area contributed by atoms with Gasteiger partial charge in [0.05, 0.1) is 17.0 Å². The Labute approximate surface area is 203 Å². The summed E-state index contributed by atoms with van der Waals surface area (Å²) in [6, 6.07) is 12.1. The van der Waals surface area contributed by atoms with Gasteiger partial charge in [0.2, 0.25) is 5.78 Å². The molecule has 11 heteroatoms. The Morgan fingerprint density at radius 1 is 1.18 bits per heavy atom. The first-order valence-corrected chi connectivity index (χ1v) is 13.3. The van der Waals surface area contributed by atoms with Crippen LogP contribution < -0.4 is 15.8 Å². The molecular formula is C23H27N5O4S2. The monoisotopic (exact) mass is 501 g/mol. The first-order chi connectivity index (χ1) is 16.4. The molecule has 0 unspecified atom stereocenters. The molecule has 9 nitrogen and oxygen atoms in total. The lowest BCUT2D eigenvalue weighted by Gasteiger charge is -2.15. The standard InChI is InChI=1S/C23H27N5O4S2/c24-34(30,31)32-13-17-6-7-19(8-17)28-23-20(12-26-15-27-23)22(29)21-9-18(14-33-21)11-25-10-16-4-2-1-3-5-16/h1-5,9,12,14-15,17,19,25H,6-8,10-11,13H2,(H2,24,30,31)(H,26,27,28)/t17-,19+/m1/s1. The van der Waals surface area contributed by atoms with Crippen molar-refractivity contribution in [2.24, 2.45) is 11.1 Å². The zero-order valence-corrected chi connectivity index (χ0v) is 20.1. The normalized spacial score (nSPS) is 18.1.